The molecule has 0 radical (unpaired) electrons. The van der Waals surface area contributed by atoms with Crippen molar-refractivity contribution in [3.8, 4) is 5.75 Å². The number of ether oxygens (including phenoxy) is 1. The van der Waals surface area contributed by atoms with Crippen LogP contribution >= 0.6 is 0 Å². The molecule has 22 heavy (non-hydrogen) atoms. The number of hydrogen-bond donors (Lipinski definition) is 0. The molecule has 0 fully saturated rings. The lowest BCUT2D eigenvalue weighted by Gasteiger charge is -2.12. The van der Waals surface area contributed by atoms with Gasteiger partial charge in [-0.15, -0.1) is 0 Å². The predicted molar refractivity (Wildman–Crippen MR) is 90.3 cm³/mol. The lowest BCUT2D eigenvalue weighted by Crippen LogP contribution is -2.19. The van der Waals surface area contributed by atoms with E-state index >= 15 is 0 Å². The minimum absolute atomic E-state index is 0.0105. The van der Waals surface area contributed by atoms with E-state index in [0.717, 1.165) is 17.9 Å². The van der Waals surface area contributed by atoms with E-state index in [2.05, 4.69) is 4.90 Å². The molecule has 0 heterocycles. The number of carbonyl (C=O) groups is 1. The highest BCUT2D eigenvalue weighted by Gasteiger charge is 2.03. The second kappa shape index (κ2) is 8.15. The van der Waals surface area contributed by atoms with E-state index in [1.54, 1.807) is 12.2 Å². The van der Waals surface area contributed by atoms with Crippen LogP contribution in [-0.4, -0.2) is 37.9 Å². The van der Waals surface area contributed by atoms with Crippen LogP contribution in [-0.2, 0) is 0 Å². The molecule has 0 saturated heterocycles. The first-order chi connectivity index (χ1) is 10.7. The van der Waals surface area contributed by atoms with Crippen LogP contribution in [0.5, 0.6) is 5.75 Å². The lowest BCUT2D eigenvalue weighted by atomic mass is 10.1. The molecule has 114 valence electrons. The van der Waals surface area contributed by atoms with E-state index in [-0.39, 0.29) is 5.78 Å². The summed E-state index contributed by atoms with van der Waals surface area (Å²) in [6.07, 6.45) is 3.39. The van der Waals surface area contributed by atoms with Crippen LogP contribution in [0.2, 0.25) is 0 Å². The molecule has 0 aromatic heterocycles. The Kier molecular flexibility index (Phi) is 5.92. The molecule has 2 rings (SSSR count). The molecule has 3 heteroatoms. The smallest absolute Gasteiger partial charge is 0.185 e. The summed E-state index contributed by atoms with van der Waals surface area (Å²) in [4.78, 5) is 14.2. The molecule has 0 bridgehead atoms. The van der Waals surface area contributed by atoms with Gasteiger partial charge in [0.2, 0.25) is 0 Å². The van der Waals surface area contributed by atoms with Gasteiger partial charge in [-0.3, -0.25) is 4.79 Å². The average Bonchev–Trinajstić information content (AvgIpc) is 2.54. The Morgan fingerprint density at radius 1 is 1.05 bits per heavy atom. The van der Waals surface area contributed by atoms with E-state index in [1.165, 1.54) is 0 Å². The summed E-state index contributed by atoms with van der Waals surface area (Å²) in [6.45, 7) is 1.46. The number of nitrogens with zero attached hydrogens (tertiary/aromatic N) is 1. The molecule has 0 aliphatic rings. The van der Waals surface area contributed by atoms with Gasteiger partial charge in [0.25, 0.3) is 0 Å². The number of likely N-dealkylation sites (N-methyl/N-ethyl adjacent to an activating group) is 1. The number of allylic oxidation sites excluding steroid dienone is 1. The Hall–Kier alpha value is -2.39. The maximum Gasteiger partial charge on any atom is 0.185 e. The number of benzene rings is 2. The van der Waals surface area contributed by atoms with Gasteiger partial charge in [0.15, 0.2) is 5.78 Å². The molecule has 0 N–H and O–H groups in total. The van der Waals surface area contributed by atoms with Gasteiger partial charge in [-0.25, -0.2) is 0 Å². The standard InChI is InChI=1S/C19H21NO2/c1-20(2)14-15-22-19-11-7-6-10-17(19)12-13-18(21)16-8-4-3-5-9-16/h3-13H,14-15H2,1-2H3. The van der Waals surface area contributed by atoms with Gasteiger partial charge in [0, 0.05) is 17.7 Å². The van der Waals surface area contributed by atoms with E-state index < -0.39 is 0 Å². The Labute approximate surface area is 131 Å². The fourth-order valence-electron chi connectivity index (χ4n) is 1.95. The summed E-state index contributed by atoms with van der Waals surface area (Å²) in [6, 6.07) is 17.0. The molecular weight excluding hydrogens is 274 g/mol. The average molecular weight is 295 g/mol. The molecular formula is C19H21NO2. The van der Waals surface area contributed by atoms with Crippen molar-refractivity contribution in [2.24, 2.45) is 0 Å². The summed E-state index contributed by atoms with van der Waals surface area (Å²) >= 11 is 0. The Bertz CT molecular complexity index is 633. The molecule has 0 aliphatic carbocycles. The molecule has 0 amide bonds. The van der Waals surface area contributed by atoms with Crippen molar-refractivity contribution in [2.75, 3.05) is 27.2 Å². The van der Waals surface area contributed by atoms with Crippen LogP contribution in [0.1, 0.15) is 15.9 Å². The van der Waals surface area contributed by atoms with Crippen molar-refractivity contribution in [1.82, 2.24) is 4.90 Å². The van der Waals surface area contributed by atoms with Gasteiger partial charge in [-0.1, -0.05) is 48.5 Å². The predicted octanol–water partition coefficient (Wildman–Crippen LogP) is 3.52. The van der Waals surface area contributed by atoms with Gasteiger partial charge in [0.05, 0.1) is 0 Å². The van der Waals surface area contributed by atoms with E-state index in [1.807, 2.05) is 68.7 Å². The van der Waals surface area contributed by atoms with Gasteiger partial charge in [-0.05, 0) is 32.3 Å². The third kappa shape index (κ3) is 4.86. The molecule has 0 unspecified atom stereocenters. The Morgan fingerprint density at radius 2 is 1.73 bits per heavy atom. The fourth-order valence-corrected chi connectivity index (χ4v) is 1.95. The summed E-state index contributed by atoms with van der Waals surface area (Å²) < 4.78 is 5.78. The molecule has 2 aromatic rings. The maximum atomic E-state index is 12.1. The fraction of sp³-hybridized carbons (Fsp3) is 0.211. The van der Waals surface area contributed by atoms with Gasteiger partial charge < -0.3 is 9.64 Å². The van der Waals surface area contributed by atoms with Crippen LogP contribution in [0.25, 0.3) is 6.08 Å². The quantitative estimate of drug-likeness (QED) is 0.578. The summed E-state index contributed by atoms with van der Waals surface area (Å²) in [5.41, 5.74) is 1.59. The molecule has 0 saturated carbocycles. The maximum absolute atomic E-state index is 12.1. The molecule has 0 atom stereocenters. The first kappa shape index (κ1) is 16.0. The lowest BCUT2D eigenvalue weighted by molar-refractivity contribution is 0.104. The number of hydrogen-bond acceptors (Lipinski definition) is 3. The van der Waals surface area contributed by atoms with Crippen LogP contribution in [0, 0.1) is 0 Å². The zero-order valence-electron chi connectivity index (χ0n) is 13.0. The number of rotatable bonds is 7. The summed E-state index contributed by atoms with van der Waals surface area (Å²) in [5, 5.41) is 0. The second-order valence-corrected chi connectivity index (χ2v) is 5.25. The molecule has 0 spiro atoms. The number of carbonyl (C=O) groups excluding carboxylic acids is 1. The molecule has 2 aromatic carbocycles. The van der Waals surface area contributed by atoms with Crippen LogP contribution in [0.15, 0.2) is 60.7 Å². The van der Waals surface area contributed by atoms with Crippen LogP contribution in [0.4, 0.5) is 0 Å². The zero-order chi connectivity index (χ0) is 15.8. The van der Waals surface area contributed by atoms with Crippen molar-refractivity contribution in [3.05, 3.63) is 71.8 Å². The highest BCUT2D eigenvalue weighted by Crippen LogP contribution is 2.19. The van der Waals surface area contributed by atoms with Crippen molar-refractivity contribution >= 4 is 11.9 Å². The largest absolute Gasteiger partial charge is 0.492 e. The van der Waals surface area contributed by atoms with Crippen LogP contribution < -0.4 is 4.74 Å². The van der Waals surface area contributed by atoms with E-state index in [0.29, 0.717) is 12.2 Å². The van der Waals surface area contributed by atoms with Gasteiger partial charge in [0.1, 0.15) is 12.4 Å². The Morgan fingerprint density at radius 3 is 2.45 bits per heavy atom. The first-order valence-electron chi connectivity index (χ1n) is 7.31. The summed E-state index contributed by atoms with van der Waals surface area (Å²) in [5.74, 6) is 0.783. The number of ketones is 1. The first-order valence-corrected chi connectivity index (χ1v) is 7.31. The monoisotopic (exact) mass is 295 g/mol. The van der Waals surface area contributed by atoms with Crippen LogP contribution in [0.3, 0.4) is 0 Å². The summed E-state index contributed by atoms with van der Waals surface area (Å²) in [7, 11) is 4.02. The van der Waals surface area contributed by atoms with Crippen molar-refractivity contribution < 1.29 is 9.53 Å². The third-order valence-electron chi connectivity index (χ3n) is 3.19. The van der Waals surface area contributed by atoms with Gasteiger partial charge in [-0.2, -0.15) is 0 Å². The van der Waals surface area contributed by atoms with Gasteiger partial charge >= 0.3 is 0 Å². The molecule has 0 aliphatic heterocycles. The van der Waals surface area contributed by atoms with Crippen molar-refractivity contribution in [1.29, 1.82) is 0 Å². The van der Waals surface area contributed by atoms with E-state index in [4.69, 9.17) is 4.74 Å². The van der Waals surface area contributed by atoms with Crippen molar-refractivity contribution in [2.45, 2.75) is 0 Å². The third-order valence-corrected chi connectivity index (χ3v) is 3.19. The minimum atomic E-state index is -0.0105. The normalized spacial score (nSPS) is 11.0. The molecule has 3 nitrogen and oxygen atoms in total. The minimum Gasteiger partial charge on any atom is -0.492 e. The zero-order valence-corrected chi connectivity index (χ0v) is 13.0. The SMILES string of the molecule is CN(C)CCOc1ccccc1C=CC(=O)c1ccccc1. The second-order valence-electron chi connectivity index (χ2n) is 5.25. The highest BCUT2D eigenvalue weighted by atomic mass is 16.5. The van der Waals surface area contributed by atoms with E-state index in [9.17, 15) is 4.79 Å². The number of para-hydroxylation sites is 1. The van der Waals surface area contributed by atoms with Crippen molar-refractivity contribution in [3.63, 3.8) is 0 Å². The Balaban J connectivity index is 2.06. The topological polar surface area (TPSA) is 29.5 Å². The highest BCUT2D eigenvalue weighted by molar-refractivity contribution is 6.06.